The van der Waals surface area contributed by atoms with E-state index in [0.29, 0.717) is 24.3 Å². The van der Waals surface area contributed by atoms with Gasteiger partial charge in [0.2, 0.25) is 0 Å². The number of ether oxygens (including phenoxy) is 2. The second kappa shape index (κ2) is 10.8. The minimum Gasteiger partial charge on any atom is -0.494 e. The molecule has 0 spiro atoms. The predicted molar refractivity (Wildman–Crippen MR) is 110 cm³/mol. The number of carbonyl (C=O) groups is 3. The van der Waals surface area contributed by atoms with E-state index in [1.54, 1.807) is 38.4 Å². The molecule has 0 unspecified atom stereocenters. The summed E-state index contributed by atoms with van der Waals surface area (Å²) in [6, 6.07) is 14.2. The Morgan fingerprint density at radius 3 is 2.24 bits per heavy atom. The molecule has 7 heteroatoms. The Kier molecular flexibility index (Phi) is 8.21. The topological polar surface area (TPSA) is 84.9 Å². The van der Waals surface area contributed by atoms with Crippen LogP contribution >= 0.6 is 0 Å². The Morgan fingerprint density at radius 2 is 1.62 bits per heavy atom. The number of aryl methyl sites for hydroxylation is 1. The van der Waals surface area contributed by atoms with Gasteiger partial charge in [-0.1, -0.05) is 17.7 Å². The molecule has 0 radical (unpaired) electrons. The van der Waals surface area contributed by atoms with Crippen molar-refractivity contribution in [1.82, 2.24) is 4.90 Å². The zero-order valence-electron chi connectivity index (χ0n) is 16.9. The lowest BCUT2D eigenvalue weighted by Crippen LogP contribution is -2.22. The minimum absolute atomic E-state index is 0.122. The molecule has 0 saturated heterocycles. The second-order valence-corrected chi connectivity index (χ2v) is 6.75. The Hall–Kier alpha value is -3.35. The predicted octanol–water partition coefficient (Wildman–Crippen LogP) is 3.04. The van der Waals surface area contributed by atoms with Crippen molar-refractivity contribution in [3.63, 3.8) is 0 Å². The molecule has 0 fully saturated rings. The number of benzene rings is 2. The Bertz CT molecular complexity index is 829. The van der Waals surface area contributed by atoms with Crippen LogP contribution in [0.2, 0.25) is 0 Å². The van der Waals surface area contributed by atoms with Gasteiger partial charge in [0, 0.05) is 31.8 Å². The standard InChI is InChI=1S/C22H26N2O5/c1-16-6-12-19(13-7-16)28-14-4-5-21(26)29-15-20(25)23-18-10-8-17(9-11-18)22(27)24(2)3/h6-13H,4-5,14-15H2,1-3H3,(H,23,25). The second-order valence-electron chi connectivity index (χ2n) is 6.75. The van der Waals surface area contributed by atoms with Crippen molar-refractivity contribution in [1.29, 1.82) is 0 Å². The molecule has 0 bridgehead atoms. The van der Waals surface area contributed by atoms with E-state index in [1.165, 1.54) is 4.90 Å². The first kappa shape index (κ1) is 21.9. The van der Waals surface area contributed by atoms with Crippen LogP contribution in [-0.2, 0) is 14.3 Å². The highest BCUT2D eigenvalue weighted by atomic mass is 16.5. The molecule has 29 heavy (non-hydrogen) atoms. The summed E-state index contributed by atoms with van der Waals surface area (Å²) >= 11 is 0. The van der Waals surface area contributed by atoms with E-state index in [9.17, 15) is 14.4 Å². The molecular weight excluding hydrogens is 372 g/mol. The van der Waals surface area contributed by atoms with Crippen LogP contribution in [0.5, 0.6) is 5.75 Å². The lowest BCUT2D eigenvalue weighted by molar-refractivity contribution is -0.147. The number of nitrogens with one attached hydrogen (secondary N) is 1. The number of amides is 2. The van der Waals surface area contributed by atoms with Gasteiger partial charge in [-0.05, 0) is 49.7 Å². The number of hydrogen-bond donors (Lipinski definition) is 1. The highest BCUT2D eigenvalue weighted by Gasteiger charge is 2.10. The summed E-state index contributed by atoms with van der Waals surface area (Å²) in [7, 11) is 3.34. The minimum atomic E-state index is -0.459. The van der Waals surface area contributed by atoms with Gasteiger partial charge in [0.15, 0.2) is 6.61 Å². The van der Waals surface area contributed by atoms with E-state index in [-0.39, 0.29) is 18.9 Å². The average molecular weight is 398 g/mol. The van der Waals surface area contributed by atoms with Gasteiger partial charge in [-0.25, -0.2) is 0 Å². The fraction of sp³-hybridized carbons (Fsp3) is 0.318. The fourth-order valence-corrected chi connectivity index (χ4v) is 2.41. The largest absolute Gasteiger partial charge is 0.494 e. The molecule has 0 aliphatic carbocycles. The van der Waals surface area contributed by atoms with E-state index < -0.39 is 11.9 Å². The van der Waals surface area contributed by atoms with Crippen LogP contribution < -0.4 is 10.1 Å². The molecule has 2 aromatic carbocycles. The smallest absolute Gasteiger partial charge is 0.306 e. The van der Waals surface area contributed by atoms with Crippen molar-refractivity contribution in [2.24, 2.45) is 0 Å². The lowest BCUT2D eigenvalue weighted by atomic mass is 10.2. The normalized spacial score (nSPS) is 10.2. The van der Waals surface area contributed by atoms with Gasteiger partial charge in [0.05, 0.1) is 6.61 Å². The highest BCUT2D eigenvalue weighted by molar-refractivity contribution is 5.96. The quantitative estimate of drug-likeness (QED) is 0.518. The van der Waals surface area contributed by atoms with Gasteiger partial charge in [-0.3, -0.25) is 14.4 Å². The Balaban J connectivity index is 1.64. The first-order valence-electron chi connectivity index (χ1n) is 9.32. The maximum Gasteiger partial charge on any atom is 0.306 e. The van der Waals surface area contributed by atoms with Gasteiger partial charge in [-0.15, -0.1) is 0 Å². The fourth-order valence-electron chi connectivity index (χ4n) is 2.41. The van der Waals surface area contributed by atoms with Crippen LogP contribution in [0.1, 0.15) is 28.8 Å². The molecule has 7 nitrogen and oxygen atoms in total. The first-order chi connectivity index (χ1) is 13.8. The van der Waals surface area contributed by atoms with Crippen molar-refractivity contribution in [3.8, 4) is 5.75 Å². The van der Waals surface area contributed by atoms with Gasteiger partial charge in [0.25, 0.3) is 11.8 Å². The molecule has 0 aromatic heterocycles. The van der Waals surface area contributed by atoms with Crippen LogP contribution in [-0.4, -0.2) is 50.0 Å². The summed E-state index contributed by atoms with van der Waals surface area (Å²) in [5.74, 6) is -0.273. The van der Waals surface area contributed by atoms with E-state index in [4.69, 9.17) is 9.47 Å². The van der Waals surface area contributed by atoms with E-state index >= 15 is 0 Å². The van der Waals surface area contributed by atoms with Gasteiger partial charge in [0.1, 0.15) is 5.75 Å². The van der Waals surface area contributed by atoms with Gasteiger partial charge >= 0.3 is 5.97 Å². The third kappa shape index (κ3) is 7.65. The number of nitrogens with zero attached hydrogens (tertiary/aromatic N) is 1. The number of carbonyl (C=O) groups excluding carboxylic acids is 3. The number of rotatable bonds is 9. The van der Waals surface area contributed by atoms with Crippen LogP contribution in [0.3, 0.4) is 0 Å². The van der Waals surface area contributed by atoms with Crippen LogP contribution in [0.15, 0.2) is 48.5 Å². The van der Waals surface area contributed by atoms with Crippen molar-refractivity contribution in [2.45, 2.75) is 19.8 Å². The molecule has 0 atom stereocenters. The van der Waals surface area contributed by atoms with E-state index in [0.717, 1.165) is 11.3 Å². The molecule has 2 amide bonds. The summed E-state index contributed by atoms with van der Waals surface area (Å²) in [5.41, 5.74) is 2.19. The highest BCUT2D eigenvalue weighted by Crippen LogP contribution is 2.12. The van der Waals surface area contributed by atoms with Crippen molar-refractivity contribution >= 4 is 23.5 Å². The van der Waals surface area contributed by atoms with Crippen molar-refractivity contribution < 1.29 is 23.9 Å². The first-order valence-corrected chi connectivity index (χ1v) is 9.32. The van der Waals surface area contributed by atoms with E-state index in [1.807, 2.05) is 31.2 Å². The number of esters is 1. The van der Waals surface area contributed by atoms with Crippen molar-refractivity contribution in [3.05, 3.63) is 59.7 Å². The van der Waals surface area contributed by atoms with Crippen LogP contribution in [0.4, 0.5) is 5.69 Å². The third-order valence-corrected chi connectivity index (χ3v) is 4.00. The van der Waals surface area contributed by atoms with Gasteiger partial charge in [-0.2, -0.15) is 0 Å². The summed E-state index contributed by atoms with van der Waals surface area (Å²) in [4.78, 5) is 36.9. The summed E-state index contributed by atoms with van der Waals surface area (Å²) in [6.45, 7) is 2.02. The molecule has 154 valence electrons. The SMILES string of the molecule is Cc1ccc(OCCCC(=O)OCC(=O)Nc2ccc(C(=O)N(C)C)cc2)cc1. The Labute approximate surface area is 170 Å². The average Bonchev–Trinajstić information content (AvgIpc) is 2.71. The van der Waals surface area contributed by atoms with Crippen molar-refractivity contribution in [2.75, 3.05) is 32.6 Å². The third-order valence-electron chi connectivity index (χ3n) is 4.00. The van der Waals surface area contributed by atoms with E-state index in [2.05, 4.69) is 5.32 Å². The zero-order valence-corrected chi connectivity index (χ0v) is 16.9. The molecule has 2 rings (SSSR count). The maximum absolute atomic E-state index is 11.9. The maximum atomic E-state index is 11.9. The monoisotopic (exact) mass is 398 g/mol. The molecule has 0 saturated carbocycles. The summed E-state index contributed by atoms with van der Waals surface area (Å²) in [6.07, 6.45) is 0.663. The van der Waals surface area contributed by atoms with Crippen LogP contribution in [0, 0.1) is 6.92 Å². The lowest BCUT2D eigenvalue weighted by Gasteiger charge is -2.11. The molecule has 2 aromatic rings. The molecule has 0 heterocycles. The molecule has 1 N–H and O–H groups in total. The summed E-state index contributed by atoms with van der Waals surface area (Å²) in [5, 5.41) is 2.62. The summed E-state index contributed by atoms with van der Waals surface area (Å²) < 4.78 is 10.5. The zero-order chi connectivity index (χ0) is 21.2. The number of hydrogen-bond acceptors (Lipinski definition) is 5. The number of anilines is 1. The van der Waals surface area contributed by atoms with Crippen LogP contribution in [0.25, 0.3) is 0 Å². The van der Waals surface area contributed by atoms with Gasteiger partial charge < -0.3 is 19.7 Å². The molecule has 0 aliphatic rings. The molecule has 0 aliphatic heterocycles. The Morgan fingerprint density at radius 1 is 0.966 bits per heavy atom. The molecular formula is C22H26N2O5.